The van der Waals surface area contributed by atoms with Crippen molar-refractivity contribution in [3.05, 3.63) is 95.6 Å². The molecule has 1 atom stereocenters. The smallest absolute Gasteiger partial charge is 0.154 e. The second-order valence-corrected chi connectivity index (χ2v) is 6.95. The Balaban J connectivity index is 1.54. The van der Waals surface area contributed by atoms with Gasteiger partial charge in [-0.15, -0.1) is 0 Å². The van der Waals surface area contributed by atoms with Gasteiger partial charge >= 0.3 is 0 Å². The molecule has 0 aliphatic rings. The van der Waals surface area contributed by atoms with E-state index in [0.717, 1.165) is 28.2 Å². The highest BCUT2D eigenvalue weighted by molar-refractivity contribution is 5.86. The Kier molecular flexibility index (Phi) is 7.42. The number of ketones is 1. The highest BCUT2D eigenvalue weighted by Gasteiger charge is 2.17. The second kappa shape index (κ2) is 10.4. The first-order valence-electron chi connectivity index (χ1n) is 9.76. The van der Waals surface area contributed by atoms with Gasteiger partial charge in [-0.25, -0.2) is 0 Å². The van der Waals surface area contributed by atoms with Crippen molar-refractivity contribution in [1.82, 2.24) is 5.32 Å². The number of carbonyl (C=O) groups excluding carboxylic acids is 1. The molecule has 0 heterocycles. The Morgan fingerprint density at radius 1 is 0.828 bits per heavy atom. The molecular weight excluding hydrogens is 362 g/mol. The molecule has 1 N–H and O–H groups in total. The Labute approximate surface area is 172 Å². The number of carbonyl (C=O) groups is 1. The zero-order chi connectivity index (χ0) is 20.5. The van der Waals surface area contributed by atoms with Gasteiger partial charge in [0.2, 0.25) is 0 Å². The van der Waals surface area contributed by atoms with E-state index in [1.165, 1.54) is 0 Å². The van der Waals surface area contributed by atoms with Crippen molar-refractivity contribution in [1.29, 1.82) is 0 Å². The Bertz CT molecular complexity index is 890. The number of ether oxygens (including phenoxy) is 2. The van der Waals surface area contributed by atoms with Gasteiger partial charge < -0.3 is 14.8 Å². The van der Waals surface area contributed by atoms with Gasteiger partial charge in [0, 0.05) is 6.42 Å². The third-order valence-corrected chi connectivity index (χ3v) is 4.89. The number of benzene rings is 3. The van der Waals surface area contributed by atoms with E-state index in [0.29, 0.717) is 19.4 Å². The number of rotatable bonds is 10. The van der Waals surface area contributed by atoms with Crippen LogP contribution in [0.25, 0.3) is 0 Å². The van der Waals surface area contributed by atoms with E-state index in [2.05, 4.69) is 5.32 Å². The van der Waals surface area contributed by atoms with Crippen LogP contribution in [0.4, 0.5) is 0 Å². The average Bonchev–Trinajstić information content (AvgIpc) is 2.78. The van der Waals surface area contributed by atoms with Crippen LogP contribution in [0.2, 0.25) is 0 Å². The lowest BCUT2D eigenvalue weighted by Gasteiger charge is -2.16. The van der Waals surface area contributed by atoms with Crippen LogP contribution in [-0.4, -0.2) is 26.0 Å². The summed E-state index contributed by atoms with van der Waals surface area (Å²) in [6, 6.07) is 25.4. The SMILES string of the molecule is CNC(Cc1ccc(OCc2ccccc2)cc1)C(=O)Cc1ccc(OC)cc1. The molecule has 4 nitrogen and oxygen atoms in total. The Hall–Kier alpha value is -3.11. The van der Waals surface area contributed by atoms with Gasteiger partial charge in [-0.2, -0.15) is 0 Å². The van der Waals surface area contributed by atoms with Gasteiger partial charge in [0.05, 0.1) is 13.2 Å². The average molecular weight is 389 g/mol. The van der Waals surface area contributed by atoms with Crippen molar-refractivity contribution in [2.45, 2.75) is 25.5 Å². The van der Waals surface area contributed by atoms with Crippen molar-refractivity contribution in [3.63, 3.8) is 0 Å². The van der Waals surface area contributed by atoms with E-state index in [1.54, 1.807) is 7.11 Å². The summed E-state index contributed by atoms with van der Waals surface area (Å²) in [7, 11) is 3.46. The van der Waals surface area contributed by atoms with Crippen LogP contribution in [0.5, 0.6) is 11.5 Å². The first-order chi connectivity index (χ1) is 14.2. The van der Waals surface area contributed by atoms with Crippen molar-refractivity contribution >= 4 is 5.78 Å². The molecule has 0 saturated carbocycles. The van der Waals surface area contributed by atoms with Crippen LogP contribution in [-0.2, 0) is 24.2 Å². The first-order valence-corrected chi connectivity index (χ1v) is 9.76. The summed E-state index contributed by atoms with van der Waals surface area (Å²) in [4.78, 5) is 12.7. The molecule has 3 aromatic carbocycles. The summed E-state index contributed by atoms with van der Waals surface area (Å²) >= 11 is 0. The van der Waals surface area contributed by atoms with Crippen molar-refractivity contribution in [3.8, 4) is 11.5 Å². The third-order valence-electron chi connectivity index (χ3n) is 4.89. The molecule has 0 radical (unpaired) electrons. The molecule has 1 unspecified atom stereocenters. The van der Waals surface area contributed by atoms with E-state index >= 15 is 0 Å². The quantitative estimate of drug-likeness (QED) is 0.564. The Morgan fingerprint density at radius 2 is 1.45 bits per heavy atom. The van der Waals surface area contributed by atoms with Gasteiger partial charge in [0.15, 0.2) is 5.78 Å². The van der Waals surface area contributed by atoms with Gasteiger partial charge in [-0.3, -0.25) is 4.79 Å². The summed E-state index contributed by atoms with van der Waals surface area (Å²) in [5.74, 6) is 1.78. The van der Waals surface area contributed by atoms with E-state index in [9.17, 15) is 4.79 Å². The number of likely N-dealkylation sites (N-methyl/N-ethyl adjacent to an activating group) is 1. The fourth-order valence-corrected chi connectivity index (χ4v) is 3.14. The fourth-order valence-electron chi connectivity index (χ4n) is 3.14. The van der Waals surface area contributed by atoms with Gasteiger partial charge in [-0.1, -0.05) is 54.6 Å². The number of methoxy groups -OCH3 is 1. The Morgan fingerprint density at radius 3 is 2.07 bits per heavy atom. The third kappa shape index (κ3) is 6.19. The minimum absolute atomic E-state index is 0.169. The zero-order valence-corrected chi connectivity index (χ0v) is 16.9. The van der Waals surface area contributed by atoms with Crippen LogP contribution in [0.15, 0.2) is 78.9 Å². The summed E-state index contributed by atoms with van der Waals surface area (Å²) in [6.45, 7) is 0.541. The lowest BCUT2D eigenvalue weighted by atomic mass is 9.98. The molecule has 0 aromatic heterocycles. The molecule has 150 valence electrons. The predicted molar refractivity (Wildman–Crippen MR) is 115 cm³/mol. The van der Waals surface area contributed by atoms with Crippen LogP contribution < -0.4 is 14.8 Å². The number of hydrogen-bond acceptors (Lipinski definition) is 4. The van der Waals surface area contributed by atoms with Crippen LogP contribution in [0.1, 0.15) is 16.7 Å². The lowest BCUT2D eigenvalue weighted by molar-refractivity contribution is -0.120. The molecule has 4 heteroatoms. The molecule has 0 aliphatic heterocycles. The first kappa shape index (κ1) is 20.6. The second-order valence-electron chi connectivity index (χ2n) is 6.95. The van der Waals surface area contributed by atoms with Crippen LogP contribution in [0, 0.1) is 0 Å². The number of hydrogen-bond donors (Lipinski definition) is 1. The highest BCUT2D eigenvalue weighted by atomic mass is 16.5. The standard InChI is InChI=1S/C25H27NO3/c1-26-24(25(27)17-20-8-12-22(28-2)13-9-20)16-19-10-14-23(15-11-19)29-18-21-6-4-3-5-7-21/h3-15,24,26H,16-18H2,1-2H3. The molecule has 29 heavy (non-hydrogen) atoms. The van der Waals surface area contributed by atoms with Crippen molar-refractivity contribution in [2.75, 3.05) is 14.2 Å². The van der Waals surface area contributed by atoms with E-state index in [4.69, 9.17) is 9.47 Å². The maximum Gasteiger partial charge on any atom is 0.154 e. The van der Waals surface area contributed by atoms with Crippen molar-refractivity contribution in [2.24, 2.45) is 0 Å². The monoisotopic (exact) mass is 389 g/mol. The van der Waals surface area contributed by atoms with Crippen LogP contribution >= 0.6 is 0 Å². The summed E-state index contributed by atoms with van der Waals surface area (Å²) < 4.78 is 11.0. The normalized spacial score (nSPS) is 11.7. The molecule has 0 aliphatic carbocycles. The molecule has 0 bridgehead atoms. The maximum absolute atomic E-state index is 12.7. The number of nitrogens with one attached hydrogen (secondary N) is 1. The molecule has 0 fully saturated rings. The molecule has 3 aromatic rings. The molecular formula is C25H27NO3. The minimum atomic E-state index is -0.229. The van der Waals surface area contributed by atoms with Crippen molar-refractivity contribution < 1.29 is 14.3 Å². The molecule has 3 rings (SSSR count). The van der Waals surface area contributed by atoms with E-state index in [-0.39, 0.29) is 11.8 Å². The maximum atomic E-state index is 12.7. The molecule has 0 saturated heterocycles. The predicted octanol–water partition coefficient (Wildman–Crippen LogP) is 4.22. The highest BCUT2D eigenvalue weighted by Crippen LogP contribution is 2.17. The minimum Gasteiger partial charge on any atom is -0.497 e. The summed E-state index contributed by atoms with van der Waals surface area (Å²) in [5.41, 5.74) is 3.22. The molecule has 0 spiro atoms. The summed E-state index contributed by atoms with van der Waals surface area (Å²) in [6.07, 6.45) is 1.04. The van der Waals surface area contributed by atoms with Gasteiger partial charge in [-0.05, 0) is 54.4 Å². The lowest BCUT2D eigenvalue weighted by Crippen LogP contribution is -2.37. The van der Waals surface area contributed by atoms with Gasteiger partial charge in [0.25, 0.3) is 0 Å². The van der Waals surface area contributed by atoms with Crippen LogP contribution in [0.3, 0.4) is 0 Å². The van der Waals surface area contributed by atoms with E-state index < -0.39 is 0 Å². The van der Waals surface area contributed by atoms with E-state index in [1.807, 2.05) is 85.9 Å². The number of Topliss-reactive ketones (excluding diaryl/α,β-unsaturated/α-hetero) is 1. The fraction of sp³-hybridized carbons (Fsp3) is 0.240. The topological polar surface area (TPSA) is 47.6 Å². The van der Waals surface area contributed by atoms with Gasteiger partial charge in [0.1, 0.15) is 18.1 Å². The summed E-state index contributed by atoms with van der Waals surface area (Å²) in [5, 5.41) is 3.15. The largest absolute Gasteiger partial charge is 0.497 e. The molecule has 0 amide bonds. The zero-order valence-electron chi connectivity index (χ0n) is 16.9.